The van der Waals surface area contributed by atoms with E-state index in [4.69, 9.17) is 0 Å². The Kier molecular flexibility index (Phi) is 4.19. The highest BCUT2D eigenvalue weighted by molar-refractivity contribution is 5.19. The molecule has 2 aliphatic rings. The molecule has 2 fully saturated rings. The second kappa shape index (κ2) is 6.06. The van der Waals surface area contributed by atoms with Gasteiger partial charge in [0.05, 0.1) is 0 Å². The van der Waals surface area contributed by atoms with Crippen molar-refractivity contribution in [3.63, 3.8) is 0 Å². The fourth-order valence-corrected chi connectivity index (χ4v) is 3.84. The summed E-state index contributed by atoms with van der Waals surface area (Å²) in [7, 11) is 0. The molecule has 3 unspecified atom stereocenters. The first kappa shape index (κ1) is 13.1. The predicted octanol–water partition coefficient (Wildman–Crippen LogP) is 3.21. The zero-order chi connectivity index (χ0) is 13.1. The van der Waals surface area contributed by atoms with E-state index in [0.717, 1.165) is 12.0 Å². The van der Waals surface area contributed by atoms with E-state index in [1.165, 1.54) is 50.9 Å². The van der Waals surface area contributed by atoms with Crippen molar-refractivity contribution in [2.24, 2.45) is 5.92 Å². The van der Waals surface area contributed by atoms with Crippen molar-refractivity contribution in [2.75, 3.05) is 19.6 Å². The van der Waals surface area contributed by atoms with Gasteiger partial charge in [-0.3, -0.25) is 4.90 Å². The number of hydrogen-bond donors (Lipinski definition) is 1. The molecule has 0 spiro atoms. The molecule has 1 aromatic rings. The smallest absolute Gasteiger partial charge is 0.0348 e. The summed E-state index contributed by atoms with van der Waals surface area (Å²) in [5.41, 5.74) is 1.50. The minimum absolute atomic E-state index is 0.624. The van der Waals surface area contributed by atoms with Crippen molar-refractivity contribution in [3.05, 3.63) is 35.9 Å². The summed E-state index contributed by atoms with van der Waals surface area (Å²) in [5, 5.41) is 3.72. The number of piperidine rings is 1. The highest BCUT2D eigenvalue weighted by Crippen LogP contribution is 2.33. The Morgan fingerprint density at radius 1 is 1.26 bits per heavy atom. The average molecular weight is 258 g/mol. The normalized spacial score (nSPS) is 29.1. The molecule has 2 nitrogen and oxygen atoms in total. The Hall–Kier alpha value is -0.860. The van der Waals surface area contributed by atoms with E-state index >= 15 is 0 Å². The van der Waals surface area contributed by atoms with Crippen LogP contribution in [0.25, 0.3) is 0 Å². The molecule has 2 aliphatic heterocycles. The third kappa shape index (κ3) is 2.85. The molecule has 2 saturated heterocycles. The minimum atomic E-state index is 0.624. The number of nitrogens with one attached hydrogen (secondary N) is 1. The second-order valence-corrected chi connectivity index (χ2v) is 6.13. The lowest BCUT2D eigenvalue weighted by molar-refractivity contribution is 0.222. The van der Waals surface area contributed by atoms with E-state index in [1.54, 1.807) is 0 Å². The van der Waals surface area contributed by atoms with Crippen molar-refractivity contribution in [3.8, 4) is 0 Å². The van der Waals surface area contributed by atoms with E-state index in [9.17, 15) is 0 Å². The van der Waals surface area contributed by atoms with Crippen molar-refractivity contribution < 1.29 is 0 Å². The summed E-state index contributed by atoms with van der Waals surface area (Å²) < 4.78 is 0. The molecule has 0 bridgehead atoms. The summed E-state index contributed by atoms with van der Waals surface area (Å²) in [6.45, 7) is 6.05. The van der Waals surface area contributed by atoms with Gasteiger partial charge in [-0.05, 0) is 37.3 Å². The average Bonchev–Trinajstić information content (AvgIpc) is 2.89. The van der Waals surface area contributed by atoms with E-state index < -0.39 is 0 Å². The van der Waals surface area contributed by atoms with Crippen LogP contribution >= 0.6 is 0 Å². The molecule has 0 radical (unpaired) electrons. The van der Waals surface area contributed by atoms with Crippen LogP contribution < -0.4 is 5.32 Å². The van der Waals surface area contributed by atoms with Crippen molar-refractivity contribution >= 4 is 0 Å². The first-order valence-electron chi connectivity index (χ1n) is 7.91. The van der Waals surface area contributed by atoms with Crippen molar-refractivity contribution in [1.29, 1.82) is 0 Å². The van der Waals surface area contributed by atoms with Crippen LogP contribution in [0.3, 0.4) is 0 Å². The maximum absolute atomic E-state index is 3.72. The minimum Gasteiger partial charge on any atom is -0.312 e. The quantitative estimate of drug-likeness (QED) is 0.892. The predicted molar refractivity (Wildman–Crippen MR) is 80.2 cm³/mol. The maximum atomic E-state index is 3.72. The molecule has 0 amide bonds. The van der Waals surface area contributed by atoms with Crippen LogP contribution in [-0.4, -0.2) is 30.6 Å². The summed E-state index contributed by atoms with van der Waals surface area (Å²) >= 11 is 0. The molecule has 0 saturated carbocycles. The van der Waals surface area contributed by atoms with Gasteiger partial charge < -0.3 is 5.32 Å². The number of likely N-dealkylation sites (tertiary alicyclic amines) is 1. The number of benzene rings is 1. The van der Waals surface area contributed by atoms with Gasteiger partial charge >= 0.3 is 0 Å². The first-order valence-corrected chi connectivity index (χ1v) is 7.91. The van der Waals surface area contributed by atoms with Gasteiger partial charge in [-0.15, -0.1) is 0 Å². The summed E-state index contributed by atoms with van der Waals surface area (Å²) in [6.07, 6.45) is 5.32. The number of fused-ring (bicyclic) bond motifs is 1. The molecule has 2 heteroatoms. The number of hydrogen-bond acceptors (Lipinski definition) is 2. The fraction of sp³-hybridized carbons (Fsp3) is 0.647. The van der Waals surface area contributed by atoms with Crippen LogP contribution in [0.1, 0.15) is 44.2 Å². The van der Waals surface area contributed by atoms with Crippen LogP contribution in [0, 0.1) is 5.92 Å². The van der Waals surface area contributed by atoms with Gasteiger partial charge in [0.2, 0.25) is 0 Å². The third-order valence-corrected chi connectivity index (χ3v) is 4.81. The highest BCUT2D eigenvalue weighted by atomic mass is 15.2. The number of rotatable bonds is 4. The SMILES string of the molecule is CCCC(c1ccccc1)N1CC2CCCNC2C1. The van der Waals surface area contributed by atoms with Gasteiger partial charge in [0.25, 0.3) is 0 Å². The summed E-state index contributed by atoms with van der Waals surface area (Å²) in [5.74, 6) is 0.886. The molecule has 0 aromatic heterocycles. The lowest BCUT2D eigenvalue weighted by Gasteiger charge is -2.28. The molecule has 0 aliphatic carbocycles. The number of nitrogens with zero attached hydrogens (tertiary/aromatic N) is 1. The molecule has 19 heavy (non-hydrogen) atoms. The van der Waals surface area contributed by atoms with Crippen molar-refractivity contribution in [1.82, 2.24) is 10.2 Å². The molecule has 104 valence electrons. The first-order chi connectivity index (χ1) is 9.38. The van der Waals surface area contributed by atoms with Crippen LogP contribution in [0.15, 0.2) is 30.3 Å². The van der Waals surface area contributed by atoms with Crippen LogP contribution in [0.2, 0.25) is 0 Å². The lowest BCUT2D eigenvalue weighted by Crippen LogP contribution is -2.40. The Labute approximate surface area is 117 Å². The Morgan fingerprint density at radius 2 is 2.11 bits per heavy atom. The molecular formula is C17H26N2. The molecule has 1 N–H and O–H groups in total. The van der Waals surface area contributed by atoms with Crippen LogP contribution in [0.5, 0.6) is 0 Å². The molecule has 1 aromatic carbocycles. The van der Waals surface area contributed by atoms with Gasteiger partial charge in [-0.1, -0.05) is 43.7 Å². The van der Waals surface area contributed by atoms with Gasteiger partial charge in [-0.25, -0.2) is 0 Å². The van der Waals surface area contributed by atoms with E-state index in [2.05, 4.69) is 47.5 Å². The monoisotopic (exact) mass is 258 g/mol. The van der Waals surface area contributed by atoms with E-state index in [0.29, 0.717) is 6.04 Å². The Morgan fingerprint density at radius 3 is 2.84 bits per heavy atom. The lowest BCUT2D eigenvalue weighted by atomic mass is 9.94. The Bertz CT molecular complexity index is 376. The van der Waals surface area contributed by atoms with Gasteiger partial charge in [0, 0.05) is 25.2 Å². The topological polar surface area (TPSA) is 15.3 Å². The maximum Gasteiger partial charge on any atom is 0.0348 e. The zero-order valence-electron chi connectivity index (χ0n) is 12.0. The Balaban J connectivity index is 1.74. The third-order valence-electron chi connectivity index (χ3n) is 4.81. The van der Waals surface area contributed by atoms with E-state index in [1.807, 2.05) is 0 Å². The summed E-state index contributed by atoms with van der Waals surface area (Å²) in [4.78, 5) is 2.73. The van der Waals surface area contributed by atoms with Crippen molar-refractivity contribution in [2.45, 2.75) is 44.7 Å². The zero-order valence-corrected chi connectivity index (χ0v) is 12.0. The van der Waals surface area contributed by atoms with E-state index in [-0.39, 0.29) is 0 Å². The molecule has 3 rings (SSSR count). The second-order valence-electron chi connectivity index (χ2n) is 6.13. The van der Waals surface area contributed by atoms with Gasteiger partial charge in [-0.2, -0.15) is 0 Å². The van der Waals surface area contributed by atoms with Crippen LogP contribution in [-0.2, 0) is 0 Å². The molecule has 3 atom stereocenters. The highest BCUT2D eigenvalue weighted by Gasteiger charge is 2.37. The molecule has 2 heterocycles. The van der Waals surface area contributed by atoms with Gasteiger partial charge in [0.1, 0.15) is 0 Å². The largest absolute Gasteiger partial charge is 0.312 e. The molecular weight excluding hydrogens is 232 g/mol. The fourth-order valence-electron chi connectivity index (χ4n) is 3.84. The standard InChI is InChI=1S/C17H26N2/c1-2-7-17(14-8-4-3-5-9-14)19-12-15-10-6-11-18-16(15)13-19/h3-5,8-9,15-18H,2,6-7,10-13H2,1H3. The summed E-state index contributed by atoms with van der Waals surface area (Å²) in [6, 6.07) is 12.5. The van der Waals surface area contributed by atoms with Gasteiger partial charge in [0.15, 0.2) is 0 Å². The van der Waals surface area contributed by atoms with Crippen LogP contribution in [0.4, 0.5) is 0 Å².